The molecule has 1 N–H and O–H groups in total. The Kier molecular flexibility index (Phi) is 5.66. The summed E-state index contributed by atoms with van der Waals surface area (Å²) < 4.78 is 24.4. The minimum Gasteiger partial charge on any atom is -0.453 e. The summed E-state index contributed by atoms with van der Waals surface area (Å²) >= 11 is 0. The number of aryl methyl sites for hydroxylation is 1. The summed E-state index contributed by atoms with van der Waals surface area (Å²) in [6, 6.07) is 8.52. The van der Waals surface area contributed by atoms with Gasteiger partial charge in [-0.3, -0.25) is 4.98 Å². The lowest BCUT2D eigenvalue weighted by atomic mass is 10.2. The number of nitrogens with one attached hydrogen (secondary N) is 1. The molecule has 0 amide bonds. The minimum atomic E-state index is -0.387. The van der Waals surface area contributed by atoms with E-state index < -0.39 is 0 Å². The molecule has 0 saturated heterocycles. The number of ether oxygens (including phenoxy) is 2. The molecule has 1 aromatic heterocycles. The Morgan fingerprint density at radius 3 is 2.76 bits per heavy atom. The SMILES string of the molecule is COCCNCc1ccc(Oc2ccc(C)nc2)c(F)c1. The highest BCUT2D eigenvalue weighted by Gasteiger charge is 2.06. The topological polar surface area (TPSA) is 43.4 Å². The monoisotopic (exact) mass is 290 g/mol. The first-order valence-corrected chi connectivity index (χ1v) is 6.77. The fourth-order valence-electron chi connectivity index (χ4n) is 1.79. The Hall–Kier alpha value is -1.98. The first-order valence-electron chi connectivity index (χ1n) is 6.77. The fraction of sp³-hybridized carbons (Fsp3) is 0.312. The van der Waals surface area contributed by atoms with Gasteiger partial charge in [0.1, 0.15) is 5.75 Å². The van der Waals surface area contributed by atoms with E-state index in [9.17, 15) is 4.39 Å². The van der Waals surface area contributed by atoms with Crippen LogP contribution in [0, 0.1) is 12.7 Å². The number of aromatic nitrogens is 1. The largest absolute Gasteiger partial charge is 0.453 e. The minimum absolute atomic E-state index is 0.196. The van der Waals surface area contributed by atoms with E-state index in [0.29, 0.717) is 18.9 Å². The average molecular weight is 290 g/mol. The molecule has 0 aliphatic carbocycles. The van der Waals surface area contributed by atoms with Gasteiger partial charge in [0.2, 0.25) is 0 Å². The molecule has 0 bridgehead atoms. The third kappa shape index (κ3) is 4.81. The van der Waals surface area contributed by atoms with Crippen molar-refractivity contribution >= 4 is 0 Å². The summed E-state index contributed by atoms with van der Waals surface area (Å²) in [7, 11) is 1.65. The maximum atomic E-state index is 14.0. The molecular formula is C16H19FN2O2. The predicted octanol–water partition coefficient (Wildman–Crippen LogP) is 3.06. The van der Waals surface area contributed by atoms with Crippen molar-refractivity contribution < 1.29 is 13.9 Å². The van der Waals surface area contributed by atoms with Crippen molar-refractivity contribution in [3.63, 3.8) is 0 Å². The van der Waals surface area contributed by atoms with E-state index in [1.807, 2.05) is 19.1 Å². The molecule has 21 heavy (non-hydrogen) atoms. The van der Waals surface area contributed by atoms with Crippen LogP contribution in [0.15, 0.2) is 36.5 Å². The second-order valence-corrected chi connectivity index (χ2v) is 4.67. The van der Waals surface area contributed by atoms with Gasteiger partial charge in [-0.1, -0.05) is 6.07 Å². The number of halogens is 1. The average Bonchev–Trinajstić information content (AvgIpc) is 2.48. The van der Waals surface area contributed by atoms with Crippen LogP contribution in [-0.2, 0) is 11.3 Å². The van der Waals surface area contributed by atoms with Crippen molar-refractivity contribution in [3.8, 4) is 11.5 Å². The molecular weight excluding hydrogens is 271 g/mol. The van der Waals surface area contributed by atoms with Gasteiger partial charge in [0, 0.05) is 25.9 Å². The first kappa shape index (κ1) is 15.4. The number of pyridine rings is 1. The van der Waals surface area contributed by atoms with Crippen LogP contribution in [-0.4, -0.2) is 25.2 Å². The Morgan fingerprint density at radius 1 is 1.24 bits per heavy atom. The van der Waals surface area contributed by atoms with Gasteiger partial charge in [0.15, 0.2) is 11.6 Å². The van der Waals surface area contributed by atoms with Crippen LogP contribution in [0.4, 0.5) is 4.39 Å². The summed E-state index contributed by atoms with van der Waals surface area (Å²) in [4.78, 5) is 4.11. The molecule has 2 rings (SSSR count). The fourth-order valence-corrected chi connectivity index (χ4v) is 1.79. The smallest absolute Gasteiger partial charge is 0.166 e. The van der Waals surface area contributed by atoms with Gasteiger partial charge in [0.05, 0.1) is 12.8 Å². The maximum Gasteiger partial charge on any atom is 0.166 e. The van der Waals surface area contributed by atoms with Crippen molar-refractivity contribution in [3.05, 3.63) is 53.6 Å². The second kappa shape index (κ2) is 7.71. The number of nitrogens with zero attached hydrogens (tertiary/aromatic N) is 1. The highest BCUT2D eigenvalue weighted by atomic mass is 19.1. The third-order valence-electron chi connectivity index (χ3n) is 2.92. The lowest BCUT2D eigenvalue weighted by molar-refractivity contribution is 0.199. The van der Waals surface area contributed by atoms with E-state index in [1.54, 1.807) is 25.4 Å². The molecule has 0 saturated carbocycles. The third-order valence-corrected chi connectivity index (χ3v) is 2.92. The van der Waals surface area contributed by atoms with Crippen molar-refractivity contribution in [1.29, 1.82) is 0 Å². The Balaban J connectivity index is 1.97. The summed E-state index contributed by atoms with van der Waals surface area (Å²) in [6.45, 7) is 3.83. The van der Waals surface area contributed by atoms with Crippen molar-refractivity contribution in [2.75, 3.05) is 20.3 Å². The van der Waals surface area contributed by atoms with Crippen LogP contribution < -0.4 is 10.1 Å². The van der Waals surface area contributed by atoms with Gasteiger partial charge in [-0.05, 0) is 36.8 Å². The van der Waals surface area contributed by atoms with Crippen molar-refractivity contribution in [1.82, 2.24) is 10.3 Å². The van der Waals surface area contributed by atoms with E-state index >= 15 is 0 Å². The van der Waals surface area contributed by atoms with Gasteiger partial charge < -0.3 is 14.8 Å². The molecule has 1 heterocycles. The second-order valence-electron chi connectivity index (χ2n) is 4.67. The molecule has 0 aliphatic heterocycles. The molecule has 0 unspecified atom stereocenters. The molecule has 0 spiro atoms. The normalized spacial score (nSPS) is 10.6. The van der Waals surface area contributed by atoms with Gasteiger partial charge in [0.25, 0.3) is 0 Å². The Morgan fingerprint density at radius 2 is 2.10 bits per heavy atom. The first-order chi connectivity index (χ1) is 10.2. The Bertz CT molecular complexity index is 573. The summed E-state index contributed by atoms with van der Waals surface area (Å²) in [6.07, 6.45) is 1.58. The summed E-state index contributed by atoms with van der Waals surface area (Å²) in [5.41, 5.74) is 1.75. The van der Waals surface area contributed by atoms with Crippen LogP contribution >= 0.6 is 0 Å². The van der Waals surface area contributed by atoms with Crippen LogP contribution in [0.1, 0.15) is 11.3 Å². The molecule has 2 aromatic rings. The standard InChI is InChI=1S/C16H19FN2O2/c1-12-3-5-14(11-19-12)21-16-6-4-13(9-15(16)17)10-18-7-8-20-2/h3-6,9,11,18H,7-8,10H2,1-2H3. The zero-order valence-electron chi connectivity index (χ0n) is 12.2. The summed E-state index contributed by atoms with van der Waals surface area (Å²) in [5, 5.41) is 3.16. The zero-order chi connectivity index (χ0) is 15.1. The highest BCUT2D eigenvalue weighted by Crippen LogP contribution is 2.24. The maximum absolute atomic E-state index is 14.0. The van der Waals surface area contributed by atoms with E-state index in [0.717, 1.165) is 17.8 Å². The van der Waals surface area contributed by atoms with Crippen molar-refractivity contribution in [2.24, 2.45) is 0 Å². The van der Waals surface area contributed by atoms with Crippen LogP contribution in [0.5, 0.6) is 11.5 Å². The van der Waals surface area contributed by atoms with Crippen LogP contribution in [0.25, 0.3) is 0 Å². The zero-order valence-corrected chi connectivity index (χ0v) is 12.2. The molecule has 112 valence electrons. The van der Waals surface area contributed by atoms with Gasteiger partial charge in [-0.25, -0.2) is 4.39 Å². The predicted molar refractivity (Wildman–Crippen MR) is 79.0 cm³/mol. The number of rotatable bonds is 7. The summed E-state index contributed by atoms with van der Waals surface area (Å²) in [5.74, 6) is 0.327. The highest BCUT2D eigenvalue weighted by molar-refractivity contribution is 5.33. The molecule has 0 fully saturated rings. The molecule has 5 heteroatoms. The van der Waals surface area contributed by atoms with E-state index in [4.69, 9.17) is 9.47 Å². The van der Waals surface area contributed by atoms with Gasteiger partial charge >= 0.3 is 0 Å². The number of benzene rings is 1. The van der Waals surface area contributed by atoms with Crippen LogP contribution in [0.3, 0.4) is 0 Å². The molecule has 1 aromatic carbocycles. The van der Waals surface area contributed by atoms with Crippen LogP contribution in [0.2, 0.25) is 0 Å². The number of methoxy groups -OCH3 is 1. The molecule has 0 radical (unpaired) electrons. The van der Waals surface area contributed by atoms with Gasteiger partial charge in [-0.15, -0.1) is 0 Å². The number of hydrogen-bond acceptors (Lipinski definition) is 4. The van der Waals surface area contributed by atoms with Gasteiger partial charge in [-0.2, -0.15) is 0 Å². The Labute approximate surface area is 123 Å². The van der Waals surface area contributed by atoms with E-state index in [-0.39, 0.29) is 11.6 Å². The molecule has 0 aliphatic rings. The lowest BCUT2D eigenvalue weighted by Gasteiger charge is -2.09. The quantitative estimate of drug-likeness (QED) is 0.796. The molecule has 0 atom stereocenters. The lowest BCUT2D eigenvalue weighted by Crippen LogP contribution is -2.18. The van der Waals surface area contributed by atoms with E-state index in [2.05, 4.69) is 10.3 Å². The van der Waals surface area contributed by atoms with E-state index in [1.165, 1.54) is 6.07 Å². The van der Waals surface area contributed by atoms with Crippen molar-refractivity contribution in [2.45, 2.75) is 13.5 Å². The number of hydrogen-bond donors (Lipinski definition) is 1. The molecule has 4 nitrogen and oxygen atoms in total.